The Morgan fingerprint density at radius 3 is 2.68 bits per heavy atom. The van der Waals surface area contributed by atoms with Gasteiger partial charge in [0.05, 0.1) is 18.8 Å². The van der Waals surface area contributed by atoms with Gasteiger partial charge >= 0.3 is 0 Å². The number of aryl methyl sites for hydroxylation is 1. The zero-order valence-electron chi connectivity index (χ0n) is 12.2. The van der Waals surface area contributed by atoms with Crippen LogP contribution in [-0.2, 0) is 4.74 Å². The van der Waals surface area contributed by atoms with Crippen LogP contribution in [0.2, 0.25) is 0 Å². The molecule has 0 spiro atoms. The molecule has 0 saturated carbocycles. The van der Waals surface area contributed by atoms with Crippen LogP contribution in [0.3, 0.4) is 0 Å². The molecule has 3 nitrogen and oxygen atoms in total. The Morgan fingerprint density at radius 1 is 1.37 bits per heavy atom. The third-order valence-corrected chi connectivity index (χ3v) is 4.08. The number of rotatable bonds is 4. The summed E-state index contributed by atoms with van der Waals surface area (Å²) in [6.07, 6.45) is 0.904. The summed E-state index contributed by atoms with van der Waals surface area (Å²) in [5.41, 5.74) is 2.22. The standard InChI is InChI=1S/C16H25NO2/c1-4-15-11-17(9-10-19-15)13(3)16(18)14-7-5-12(2)6-8-14/h5-8,13,15-16,18H,4,9-11H2,1-3H3. The maximum atomic E-state index is 10.5. The van der Waals surface area contributed by atoms with E-state index >= 15 is 0 Å². The molecule has 1 aliphatic heterocycles. The van der Waals surface area contributed by atoms with E-state index in [9.17, 15) is 5.11 Å². The lowest BCUT2D eigenvalue weighted by molar-refractivity contribution is -0.0623. The Bertz CT molecular complexity index is 390. The summed E-state index contributed by atoms with van der Waals surface area (Å²) >= 11 is 0. The van der Waals surface area contributed by atoms with Gasteiger partial charge in [0.2, 0.25) is 0 Å². The molecule has 0 aromatic heterocycles. The summed E-state index contributed by atoms with van der Waals surface area (Å²) in [6.45, 7) is 8.90. The van der Waals surface area contributed by atoms with Crippen LogP contribution >= 0.6 is 0 Å². The van der Waals surface area contributed by atoms with Gasteiger partial charge in [0.25, 0.3) is 0 Å². The molecule has 1 fully saturated rings. The highest BCUT2D eigenvalue weighted by molar-refractivity contribution is 5.24. The fraction of sp³-hybridized carbons (Fsp3) is 0.625. The maximum absolute atomic E-state index is 10.5. The van der Waals surface area contributed by atoms with Gasteiger partial charge < -0.3 is 9.84 Å². The van der Waals surface area contributed by atoms with Gasteiger partial charge in [-0.3, -0.25) is 4.90 Å². The number of aliphatic hydroxyl groups excluding tert-OH is 1. The van der Waals surface area contributed by atoms with E-state index in [1.165, 1.54) is 5.56 Å². The van der Waals surface area contributed by atoms with Crippen molar-refractivity contribution in [2.24, 2.45) is 0 Å². The molecule has 2 rings (SSSR count). The molecular weight excluding hydrogens is 238 g/mol. The van der Waals surface area contributed by atoms with Crippen molar-refractivity contribution in [2.45, 2.75) is 45.4 Å². The molecule has 1 heterocycles. The molecule has 3 heteroatoms. The summed E-state index contributed by atoms with van der Waals surface area (Å²) in [6, 6.07) is 8.28. The van der Waals surface area contributed by atoms with E-state index in [-0.39, 0.29) is 6.04 Å². The molecule has 19 heavy (non-hydrogen) atoms. The Labute approximate surface area is 116 Å². The third kappa shape index (κ3) is 3.56. The molecule has 1 N–H and O–H groups in total. The first kappa shape index (κ1) is 14.5. The molecular formula is C16H25NO2. The van der Waals surface area contributed by atoms with Crippen LogP contribution in [0.5, 0.6) is 0 Å². The van der Waals surface area contributed by atoms with E-state index in [1.807, 2.05) is 12.1 Å². The van der Waals surface area contributed by atoms with Crippen LogP contribution in [0.4, 0.5) is 0 Å². The van der Waals surface area contributed by atoms with Gasteiger partial charge in [-0.1, -0.05) is 36.8 Å². The molecule has 1 saturated heterocycles. The van der Waals surface area contributed by atoms with E-state index in [1.54, 1.807) is 0 Å². The minimum atomic E-state index is -0.434. The first-order valence-corrected chi connectivity index (χ1v) is 7.22. The summed E-state index contributed by atoms with van der Waals surface area (Å²) in [7, 11) is 0. The molecule has 106 valence electrons. The normalized spacial score (nSPS) is 24.1. The lowest BCUT2D eigenvalue weighted by Gasteiger charge is -2.38. The third-order valence-electron chi connectivity index (χ3n) is 4.08. The molecule has 0 aliphatic carbocycles. The molecule has 0 amide bonds. The highest BCUT2D eigenvalue weighted by Gasteiger charge is 2.27. The van der Waals surface area contributed by atoms with Crippen molar-refractivity contribution in [1.29, 1.82) is 0 Å². The molecule has 1 aromatic rings. The van der Waals surface area contributed by atoms with Crippen molar-refractivity contribution in [2.75, 3.05) is 19.7 Å². The first-order valence-electron chi connectivity index (χ1n) is 7.22. The zero-order chi connectivity index (χ0) is 13.8. The van der Waals surface area contributed by atoms with Crippen LogP contribution in [0.25, 0.3) is 0 Å². The Morgan fingerprint density at radius 2 is 2.05 bits per heavy atom. The fourth-order valence-corrected chi connectivity index (χ4v) is 2.60. The van der Waals surface area contributed by atoms with Crippen molar-refractivity contribution in [3.8, 4) is 0 Å². The molecule has 0 bridgehead atoms. The van der Waals surface area contributed by atoms with Gasteiger partial charge in [0.15, 0.2) is 0 Å². The van der Waals surface area contributed by atoms with Gasteiger partial charge in [0, 0.05) is 19.1 Å². The van der Waals surface area contributed by atoms with Crippen molar-refractivity contribution in [3.63, 3.8) is 0 Å². The first-order chi connectivity index (χ1) is 9.11. The largest absolute Gasteiger partial charge is 0.387 e. The van der Waals surface area contributed by atoms with E-state index in [4.69, 9.17) is 4.74 Å². The average Bonchev–Trinajstić information content (AvgIpc) is 2.46. The fourth-order valence-electron chi connectivity index (χ4n) is 2.60. The Hall–Kier alpha value is -0.900. The molecule has 3 unspecified atom stereocenters. The lowest BCUT2D eigenvalue weighted by Crippen LogP contribution is -2.48. The van der Waals surface area contributed by atoms with Crippen molar-refractivity contribution in [3.05, 3.63) is 35.4 Å². The highest BCUT2D eigenvalue weighted by atomic mass is 16.5. The number of morpholine rings is 1. The number of hydrogen-bond acceptors (Lipinski definition) is 3. The van der Waals surface area contributed by atoms with Gasteiger partial charge in [-0.2, -0.15) is 0 Å². The smallest absolute Gasteiger partial charge is 0.0942 e. The molecule has 1 aromatic carbocycles. The summed E-state index contributed by atoms with van der Waals surface area (Å²) in [5.74, 6) is 0. The maximum Gasteiger partial charge on any atom is 0.0942 e. The summed E-state index contributed by atoms with van der Waals surface area (Å²) in [4.78, 5) is 2.34. The number of nitrogens with zero attached hydrogens (tertiary/aromatic N) is 1. The zero-order valence-corrected chi connectivity index (χ0v) is 12.2. The quantitative estimate of drug-likeness (QED) is 0.906. The van der Waals surface area contributed by atoms with Crippen LogP contribution in [0, 0.1) is 6.92 Å². The number of ether oxygens (including phenoxy) is 1. The van der Waals surface area contributed by atoms with Crippen LogP contribution < -0.4 is 0 Å². The summed E-state index contributed by atoms with van der Waals surface area (Å²) < 4.78 is 5.69. The van der Waals surface area contributed by atoms with E-state index in [2.05, 4.69) is 37.8 Å². The van der Waals surface area contributed by atoms with Gasteiger partial charge in [-0.05, 0) is 25.8 Å². The van der Waals surface area contributed by atoms with Gasteiger partial charge in [-0.25, -0.2) is 0 Å². The van der Waals surface area contributed by atoms with Crippen molar-refractivity contribution in [1.82, 2.24) is 4.90 Å². The Balaban J connectivity index is 2.01. The van der Waals surface area contributed by atoms with Crippen LogP contribution in [0.1, 0.15) is 37.5 Å². The second-order valence-electron chi connectivity index (χ2n) is 5.49. The number of benzene rings is 1. The second-order valence-corrected chi connectivity index (χ2v) is 5.49. The second kappa shape index (κ2) is 6.51. The number of hydrogen-bond donors (Lipinski definition) is 1. The summed E-state index contributed by atoms with van der Waals surface area (Å²) in [5, 5.41) is 10.5. The van der Waals surface area contributed by atoms with E-state index in [0.29, 0.717) is 6.10 Å². The lowest BCUT2D eigenvalue weighted by atomic mass is 10.0. The molecule has 3 atom stereocenters. The van der Waals surface area contributed by atoms with Crippen LogP contribution in [-0.4, -0.2) is 41.8 Å². The highest BCUT2D eigenvalue weighted by Crippen LogP contribution is 2.23. The van der Waals surface area contributed by atoms with E-state index in [0.717, 1.165) is 31.7 Å². The Kier molecular flexibility index (Phi) is 4.97. The van der Waals surface area contributed by atoms with E-state index < -0.39 is 6.10 Å². The predicted molar refractivity (Wildman–Crippen MR) is 77.2 cm³/mol. The average molecular weight is 263 g/mol. The minimum absolute atomic E-state index is 0.126. The van der Waals surface area contributed by atoms with Crippen molar-refractivity contribution < 1.29 is 9.84 Å². The van der Waals surface area contributed by atoms with Crippen LogP contribution in [0.15, 0.2) is 24.3 Å². The molecule has 0 radical (unpaired) electrons. The minimum Gasteiger partial charge on any atom is -0.387 e. The monoisotopic (exact) mass is 263 g/mol. The predicted octanol–water partition coefficient (Wildman–Crippen LogP) is 2.53. The van der Waals surface area contributed by atoms with Gasteiger partial charge in [0.1, 0.15) is 0 Å². The topological polar surface area (TPSA) is 32.7 Å². The van der Waals surface area contributed by atoms with Crippen molar-refractivity contribution >= 4 is 0 Å². The SMILES string of the molecule is CCC1CN(C(C)C(O)c2ccc(C)cc2)CCO1. The molecule has 1 aliphatic rings. The number of aliphatic hydroxyl groups is 1. The van der Waals surface area contributed by atoms with Gasteiger partial charge in [-0.15, -0.1) is 0 Å².